The fourth-order valence-electron chi connectivity index (χ4n) is 1.55. The number of hydrogen-bond acceptors (Lipinski definition) is 3. The topological polar surface area (TPSA) is 53.7 Å². The minimum absolute atomic E-state index is 0.0507. The van der Waals surface area contributed by atoms with Crippen LogP contribution in [0.3, 0.4) is 0 Å². The van der Waals surface area contributed by atoms with Crippen LogP contribution in [-0.2, 0) is 11.3 Å². The number of nitrogens with zero attached hydrogens (tertiary/aromatic N) is 1. The van der Waals surface area contributed by atoms with Gasteiger partial charge < -0.3 is 9.52 Å². The number of hydrogen-bond donors (Lipinski definition) is 1. The van der Waals surface area contributed by atoms with Crippen LogP contribution in [0.5, 0.6) is 0 Å². The predicted molar refractivity (Wildman–Crippen MR) is 61.2 cm³/mol. The Hall–Kier alpha value is -1.29. The first-order valence-corrected chi connectivity index (χ1v) is 5.53. The molecule has 0 fully saturated rings. The van der Waals surface area contributed by atoms with E-state index in [-0.39, 0.29) is 12.6 Å². The molecule has 0 aromatic carbocycles. The molecule has 0 spiro atoms. The number of furan rings is 1. The van der Waals surface area contributed by atoms with Gasteiger partial charge in [0.05, 0.1) is 19.4 Å². The second-order valence-corrected chi connectivity index (χ2v) is 4.08. The van der Waals surface area contributed by atoms with Crippen molar-refractivity contribution in [1.29, 1.82) is 0 Å². The molecule has 1 atom stereocenters. The van der Waals surface area contributed by atoms with E-state index in [0.29, 0.717) is 6.54 Å². The molecule has 1 N–H and O–H groups in total. The van der Waals surface area contributed by atoms with Crippen molar-refractivity contribution >= 4 is 5.97 Å². The van der Waals surface area contributed by atoms with Gasteiger partial charge in [-0.25, -0.2) is 0 Å². The van der Waals surface area contributed by atoms with Gasteiger partial charge in [-0.3, -0.25) is 9.69 Å². The van der Waals surface area contributed by atoms with Gasteiger partial charge in [-0.05, 0) is 31.9 Å². The van der Waals surface area contributed by atoms with Crippen molar-refractivity contribution in [2.75, 3.05) is 6.54 Å². The summed E-state index contributed by atoms with van der Waals surface area (Å²) in [6.07, 6.45) is 2.56. The SMILES string of the molecule is CCC(C)N(CC(=O)O)Cc1occc1C. The average Bonchev–Trinajstić information content (AvgIpc) is 2.61. The van der Waals surface area contributed by atoms with Crippen molar-refractivity contribution in [1.82, 2.24) is 4.90 Å². The van der Waals surface area contributed by atoms with E-state index in [1.807, 2.05) is 24.8 Å². The Balaban J connectivity index is 2.70. The van der Waals surface area contributed by atoms with Gasteiger partial charge in [0.15, 0.2) is 0 Å². The highest BCUT2D eigenvalue weighted by atomic mass is 16.4. The summed E-state index contributed by atoms with van der Waals surface area (Å²) in [6.45, 7) is 6.65. The van der Waals surface area contributed by atoms with E-state index in [9.17, 15) is 4.79 Å². The number of aryl methyl sites for hydroxylation is 1. The highest BCUT2D eigenvalue weighted by molar-refractivity contribution is 5.69. The fourth-order valence-corrected chi connectivity index (χ4v) is 1.55. The van der Waals surface area contributed by atoms with Crippen LogP contribution in [0, 0.1) is 6.92 Å². The maximum absolute atomic E-state index is 10.8. The Kier molecular flexibility index (Phi) is 4.55. The van der Waals surface area contributed by atoms with E-state index in [1.165, 1.54) is 0 Å². The lowest BCUT2D eigenvalue weighted by Crippen LogP contribution is -2.36. The Morgan fingerprint density at radius 3 is 2.75 bits per heavy atom. The summed E-state index contributed by atoms with van der Waals surface area (Å²) in [6, 6.07) is 2.13. The minimum Gasteiger partial charge on any atom is -0.480 e. The van der Waals surface area contributed by atoms with E-state index in [4.69, 9.17) is 9.52 Å². The van der Waals surface area contributed by atoms with Crippen molar-refractivity contribution in [2.45, 2.75) is 39.8 Å². The highest BCUT2D eigenvalue weighted by Gasteiger charge is 2.17. The first-order chi connectivity index (χ1) is 7.54. The maximum atomic E-state index is 10.8. The molecule has 1 aromatic heterocycles. The molecule has 90 valence electrons. The molecule has 0 aliphatic rings. The van der Waals surface area contributed by atoms with Crippen LogP contribution < -0.4 is 0 Å². The molecule has 1 aromatic rings. The van der Waals surface area contributed by atoms with E-state index in [0.717, 1.165) is 17.7 Å². The van der Waals surface area contributed by atoms with Gasteiger partial charge in [-0.15, -0.1) is 0 Å². The second-order valence-electron chi connectivity index (χ2n) is 4.08. The molecule has 0 bridgehead atoms. The Bertz CT molecular complexity index is 346. The number of rotatable bonds is 6. The molecule has 0 aliphatic carbocycles. The summed E-state index contributed by atoms with van der Waals surface area (Å²) in [5, 5.41) is 8.85. The quantitative estimate of drug-likeness (QED) is 0.807. The highest BCUT2D eigenvalue weighted by Crippen LogP contribution is 2.14. The van der Waals surface area contributed by atoms with Crippen LogP contribution in [0.25, 0.3) is 0 Å². The van der Waals surface area contributed by atoms with E-state index in [1.54, 1.807) is 6.26 Å². The van der Waals surface area contributed by atoms with E-state index >= 15 is 0 Å². The van der Waals surface area contributed by atoms with Crippen LogP contribution in [0.1, 0.15) is 31.6 Å². The smallest absolute Gasteiger partial charge is 0.317 e. The van der Waals surface area contributed by atoms with Crippen molar-refractivity contribution in [3.63, 3.8) is 0 Å². The van der Waals surface area contributed by atoms with Crippen LogP contribution in [0.15, 0.2) is 16.7 Å². The van der Waals surface area contributed by atoms with Crippen molar-refractivity contribution < 1.29 is 14.3 Å². The fraction of sp³-hybridized carbons (Fsp3) is 0.583. The predicted octanol–water partition coefficient (Wildman–Crippen LogP) is 2.27. The largest absolute Gasteiger partial charge is 0.480 e. The third kappa shape index (κ3) is 3.38. The zero-order chi connectivity index (χ0) is 12.1. The summed E-state index contributed by atoms with van der Waals surface area (Å²) >= 11 is 0. The minimum atomic E-state index is -0.801. The summed E-state index contributed by atoms with van der Waals surface area (Å²) in [7, 11) is 0. The zero-order valence-corrected chi connectivity index (χ0v) is 10.1. The molecular formula is C12H19NO3. The molecule has 1 unspecified atom stereocenters. The van der Waals surface area contributed by atoms with Crippen LogP contribution >= 0.6 is 0 Å². The monoisotopic (exact) mass is 225 g/mol. The zero-order valence-electron chi connectivity index (χ0n) is 10.1. The molecule has 0 aliphatic heterocycles. The second kappa shape index (κ2) is 5.70. The molecule has 1 rings (SSSR count). The Labute approximate surface area is 95.9 Å². The molecule has 4 heteroatoms. The molecule has 0 radical (unpaired) electrons. The lowest BCUT2D eigenvalue weighted by molar-refractivity contribution is -0.139. The van der Waals surface area contributed by atoms with E-state index < -0.39 is 5.97 Å². The molecular weight excluding hydrogens is 206 g/mol. The van der Waals surface area contributed by atoms with Gasteiger partial charge in [0.1, 0.15) is 5.76 Å². The van der Waals surface area contributed by atoms with Crippen LogP contribution in [0.2, 0.25) is 0 Å². The molecule has 4 nitrogen and oxygen atoms in total. The van der Waals surface area contributed by atoms with Crippen molar-refractivity contribution in [3.05, 3.63) is 23.7 Å². The van der Waals surface area contributed by atoms with Crippen LogP contribution in [0.4, 0.5) is 0 Å². The van der Waals surface area contributed by atoms with Crippen molar-refractivity contribution in [3.8, 4) is 0 Å². The number of carbonyl (C=O) groups is 1. The summed E-state index contributed by atoms with van der Waals surface area (Å²) in [5.41, 5.74) is 1.07. The molecule has 1 heterocycles. The standard InChI is InChI=1S/C12H19NO3/c1-4-10(3)13(8-12(14)15)7-11-9(2)5-6-16-11/h5-6,10H,4,7-8H2,1-3H3,(H,14,15). The van der Waals surface area contributed by atoms with Gasteiger partial charge in [-0.1, -0.05) is 6.92 Å². The lowest BCUT2D eigenvalue weighted by Gasteiger charge is -2.25. The maximum Gasteiger partial charge on any atom is 0.317 e. The van der Waals surface area contributed by atoms with E-state index in [2.05, 4.69) is 6.92 Å². The van der Waals surface area contributed by atoms with Gasteiger partial charge in [0.25, 0.3) is 0 Å². The third-order valence-electron chi connectivity index (χ3n) is 2.87. The number of carboxylic acid groups (broad SMARTS) is 1. The number of carboxylic acids is 1. The first kappa shape index (κ1) is 12.8. The molecule has 0 amide bonds. The van der Waals surface area contributed by atoms with Gasteiger partial charge in [0.2, 0.25) is 0 Å². The summed E-state index contributed by atoms with van der Waals surface area (Å²) in [4.78, 5) is 12.7. The Morgan fingerprint density at radius 1 is 1.62 bits per heavy atom. The molecule has 16 heavy (non-hydrogen) atoms. The summed E-state index contributed by atoms with van der Waals surface area (Å²) in [5.74, 6) is 0.0473. The van der Waals surface area contributed by atoms with Gasteiger partial charge in [0, 0.05) is 6.04 Å². The Morgan fingerprint density at radius 2 is 2.31 bits per heavy atom. The number of aliphatic carboxylic acids is 1. The summed E-state index contributed by atoms with van der Waals surface area (Å²) < 4.78 is 5.34. The average molecular weight is 225 g/mol. The van der Waals surface area contributed by atoms with Crippen LogP contribution in [-0.4, -0.2) is 28.6 Å². The lowest BCUT2D eigenvalue weighted by atomic mass is 10.2. The van der Waals surface area contributed by atoms with Crippen molar-refractivity contribution in [2.24, 2.45) is 0 Å². The third-order valence-corrected chi connectivity index (χ3v) is 2.87. The first-order valence-electron chi connectivity index (χ1n) is 5.53. The van der Waals surface area contributed by atoms with Gasteiger partial charge in [-0.2, -0.15) is 0 Å². The normalized spacial score (nSPS) is 13.0. The van der Waals surface area contributed by atoms with Gasteiger partial charge >= 0.3 is 5.97 Å². The molecule has 0 saturated carbocycles. The molecule has 0 saturated heterocycles.